The molecular formula is C95H116F34O11. The highest BCUT2D eigenvalue weighted by molar-refractivity contribution is 5.86. The van der Waals surface area contributed by atoms with E-state index >= 15 is 0 Å². The lowest BCUT2D eigenvalue weighted by Crippen LogP contribution is -2.74. The SMILES string of the molecule is C.C.C.C.C.C.CC1OC(=O)C(C)OC1=O.CCC(C)CC(CC(CCO)(c1ccccc1)c1ccc(OCCCC(F)(F)C(F)(F)C(F)(F)C(F)(F)C(F)(F)C(F)(F)C(F)(F)C(F)(F)F)cc1)c1ccccc1.CCC(C)CC(CC(CCOC(=O)C(C)OC(C)=O)(c1ccccc1)c1ccc(OCCCC(F)(F)C(F)(F)C(F)(F)C(F)(F)C(F)(F)C(F)(F)C(F)(F)C(F)(F)F)cc1)c1ccccc1. The van der Waals surface area contributed by atoms with Crippen LogP contribution in [0.25, 0.3) is 0 Å². The monoisotopic (exact) mass is 2080 g/mol. The van der Waals surface area contributed by atoms with Gasteiger partial charge in [-0.05, 0) is 153 Å². The zero-order valence-corrected chi connectivity index (χ0v) is 71.9. The lowest BCUT2D eigenvalue weighted by Gasteiger charge is -2.42. The van der Waals surface area contributed by atoms with Crippen LogP contribution in [-0.2, 0) is 49.0 Å². The van der Waals surface area contributed by atoms with Crippen LogP contribution in [-0.4, -0.2) is 169 Å². The van der Waals surface area contributed by atoms with Gasteiger partial charge in [-0.25, -0.2) is 14.4 Å². The molecule has 0 saturated carbocycles. The first kappa shape index (κ1) is 132. The number of cyclic esters (lactones) is 2. The first-order valence-electron chi connectivity index (χ1n) is 40.8. The van der Waals surface area contributed by atoms with Crippen LogP contribution in [0.15, 0.2) is 170 Å². The minimum absolute atomic E-state index is 0. The summed E-state index contributed by atoms with van der Waals surface area (Å²) in [5.41, 5.74) is 2.92. The molecule has 1 aliphatic rings. The third-order valence-electron chi connectivity index (χ3n) is 22.6. The molecule has 0 aromatic heterocycles. The van der Waals surface area contributed by atoms with Crippen molar-refractivity contribution in [2.45, 2.75) is 313 Å². The quantitative estimate of drug-likeness (QED) is 0.0169. The molecule has 6 aromatic carbocycles. The standard InChI is InChI=1S/C44H45F17O5.C39H39F17O2.C6H8O4.6CH4/c1-5-27(2)25-31(30-13-8-6-9-14-30)26-36(32-15-10-7-11-16-32,22-24-65-35(63)28(3)66-29(4)62)33-17-19-34(20-18-33)64-23-12-21-37(45,46)38(47,48)39(49,50)40(51,52)41(53,54)42(55,56)43(57,58)44(59,60)61;1-3-25(2)23-27(26-11-6-4-7-12-26)24-31(20-21-57,28-13-8-5-9-14-28)29-15-17-30(18-16-29)58-22-10-19-32(40,41)33(42,43)34(44,45)35(46,47)36(48,49)37(50,51)38(52,53)39(54,55)56;1-3-5(7)10-4(2)6(8)9-3;;;;;;/h6-11,13-20,27-28,31H,5,12,21-26H2,1-4H3;4-9,11-18,25,27,57H,3,10,19-24H2,1-2H3;3-4H,1-2H3;6*1H4. The number of benzene rings is 6. The van der Waals surface area contributed by atoms with Crippen LogP contribution in [0.2, 0.25) is 0 Å². The van der Waals surface area contributed by atoms with Gasteiger partial charge in [-0.3, -0.25) is 4.79 Å². The third kappa shape index (κ3) is 27.9. The topological polar surface area (TPSA) is 144 Å². The van der Waals surface area contributed by atoms with Crippen molar-refractivity contribution in [2.24, 2.45) is 11.8 Å². The van der Waals surface area contributed by atoms with Gasteiger partial charge in [0.15, 0.2) is 18.3 Å². The maximum absolute atomic E-state index is 14.6. The maximum Gasteiger partial charge on any atom is 0.460 e. The van der Waals surface area contributed by atoms with E-state index < -0.39 is 187 Å². The Kier molecular flexibility index (Phi) is 47.8. The van der Waals surface area contributed by atoms with Crippen molar-refractivity contribution in [2.75, 3.05) is 26.4 Å². The lowest BCUT2D eigenvalue weighted by atomic mass is 9.65. The Balaban J connectivity index is 0. The zero-order valence-electron chi connectivity index (χ0n) is 71.9. The van der Waals surface area contributed by atoms with E-state index in [1.54, 1.807) is 48.5 Å². The molecule has 0 aliphatic carbocycles. The molecule has 6 aromatic rings. The number of alkyl halides is 34. The number of ether oxygens (including phenoxy) is 6. The van der Waals surface area contributed by atoms with Crippen LogP contribution in [0.3, 0.4) is 0 Å². The molecule has 7 rings (SSSR count). The Morgan fingerprint density at radius 2 is 0.607 bits per heavy atom. The van der Waals surface area contributed by atoms with Crippen LogP contribution in [0, 0.1) is 11.8 Å². The van der Waals surface area contributed by atoms with Gasteiger partial charge in [0.2, 0.25) is 0 Å². The fourth-order valence-electron chi connectivity index (χ4n) is 14.4. The zero-order chi connectivity index (χ0) is 102. The second-order valence-electron chi connectivity index (χ2n) is 32.1. The number of aliphatic hydroxyl groups is 1. The van der Waals surface area contributed by atoms with Gasteiger partial charge < -0.3 is 33.5 Å². The molecule has 0 amide bonds. The fraction of sp³-hybridized carbons (Fsp3) is 0.579. The van der Waals surface area contributed by atoms with Gasteiger partial charge in [0.1, 0.15) is 11.5 Å². The van der Waals surface area contributed by atoms with Crippen molar-refractivity contribution in [1.29, 1.82) is 0 Å². The average molecular weight is 2080 g/mol. The summed E-state index contributed by atoms with van der Waals surface area (Å²) in [6, 6.07) is 48.4. The van der Waals surface area contributed by atoms with Gasteiger partial charge >= 0.3 is 119 Å². The van der Waals surface area contributed by atoms with Crippen molar-refractivity contribution < 1.29 is 202 Å². The largest absolute Gasteiger partial charge is 0.494 e. The van der Waals surface area contributed by atoms with E-state index in [-0.39, 0.29) is 99.9 Å². The van der Waals surface area contributed by atoms with E-state index in [1.807, 2.05) is 98.8 Å². The minimum Gasteiger partial charge on any atom is -0.494 e. The summed E-state index contributed by atoms with van der Waals surface area (Å²) in [4.78, 5) is 45.5. The number of aliphatic hydroxyl groups excluding tert-OH is 1. The molecule has 0 spiro atoms. The molecule has 1 N–H and O–H groups in total. The highest BCUT2D eigenvalue weighted by Crippen LogP contribution is 2.67. The average Bonchev–Trinajstić information content (AvgIpc) is 0.697. The Morgan fingerprint density at radius 3 is 0.871 bits per heavy atom. The second kappa shape index (κ2) is 50.6. The van der Waals surface area contributed by atoms with Gasteiger partial charge in [-0.2, -0.15) is 149 Å². The maximum atomic E-state index is 14.6. The van der Waals surface area contributed by atoms with Crippen molar-refractivity contribution >= 4 is 23.9 Å². The fourth-order valence-corrected chi connectivity index (χ4v) is 14.4. The number of carbonyl (C=O) groups excluding carboxylic acids is 4. The van der Waals surface area contributed by atoms with Crippen LogP contribution >= 0.6 is 0 Å². The number of carbonyl (C=O) groups is 4. The molecule has 9 atom stereocenters. The molecule has 45 heteroatoms. The summed E-state index contributed by atoms with van der Waals surface area (Å²) in [7, 11) is 0. The minimum atomic E-state index is -8.69. The molecule has 1 saturated heterocycles. The van der Waals surface area contributed by atoms with Gasteiger partial charge in [0, 0.05) is 37.2 Å². The van der Waals surface area contributed by atoms with Gasteiger partial charge in [0.05, 0.1) is 19.8 Å². The molecule has 9 unspecified atom stereocenters. The lowest BCUT2D eigenvalue weighted by molar-refractivity contribution is -0.461. The van der Waals surface area contributed by atoms with Crippen molar-refractivity contribution in [3.05, 3.63) is 203 Å². The predicted molar refractivity (Wildman–Crippen MR) is 454 cm³/mol. The number of rotatable bonds is 45. The van der Waals surface area contributed by atoms with E-state index in [0.29, 0.717) is 36.3 Å². The Hall–Kier alpha value is -9.62. The first-order valence-corrected chi connectivity index (χ1v) is 40.8. The van der Waals surface area contributed by atoms with E-state index in [4.69, 9.17) is 18.9 Å². The number of esters is 4. The molecular weight excluding hydrogens is 1960 g/mol. The van der Waals surface area contributed by atoms with E-state index in [0.717, 1.165) is 48.4 Å². The van der Waals surface area contributed by atoms with E-state index in [2.05, 4.69) is 23.3 Å². The number of hydrogen-bond donors (Lipinski definition) is 1. The molecule has 11 nitrogen and oxygen atoms in total. The van der Waals surface area contributed by atoms with Crippen LogP contribution in [0.1, 0.15) is 222 Å². The van der Waals surface area contributed by atoms with Crippen LogP contribution in [0.4, 0.5) is 149 Å². The summed E-state index contributed by atoms with van der Waals surface area (Å²) in [5, 5.41) is 10.3. The summed E-state index contributed by atoms with van der Waals surface area (Å²) in [5.74, 6) is -116. The third-order valence-corrected chi connectivity index (χ3v) is 22.6. The second-order valence-corrected chi connectivity index (χ2v) is 32.1. The van der Waals surface area contributed by atoms with Crippen LogP contribution in [0.5, 0.6) is 11.5 Å². The van der Waals surface area contributed by atoms with Crippen molar-refractivity contribution in [3.63, 3.8) is 0 Å². The smallest absolute Gasteiger partial charge is 0.460 e. The Bertz CT molecular complexity index is 4680. The van der Waals surface area contributed by atoms with E-state index in [1.165, 1.54) is 57.2 Å². The number of halogens is 34. The molecule has 1 aliphatic heterocycles. The summed E-state index contributed by atoms with van der Waals surface area (Å²) in [6.07, 6.45) is -22.1. The molecule has 1 heterocycles. The highest BCUT2D eigenvalue weighted by atomic mass is 19.4. The van der Waals surface area contributed by atoms with Crippen LogP contribution < -0.4 is 9.47 Å². The van der Waals surface area contributed by atoms with E-state index in [9.17, 15) is 174 Å². The normalized spacial score (nSPS) is 16.5. The highest BCUT2D eigenvalue weighted by Gasteiger charge is 2.97. The molecule has 0 radical (unpaired) electrons. The van der Waals surface area contributed by atoms with Crippen molar-refractivity contribution in [3.8, 4) is 11.5 Å². The van der Waals surface area contributed by atoms with Gasteiger partial charge in [-0.1, -0.05) is 231 Å². The molecule has 1 fully saturated rings. The summed E-state index contributed by atoms with van der Waals surface area (Å²) < 4.78 is 495. The van der Waals surface area contributed by atoms with Gasteiger partial charge in [0.25, 0.3) is 0 Å². The summed E-state index contributed by atoms with van der Waals surface area (Å²) >= 11 is 0. The molecule has 0 bridgehead atoms. The Morgan fingerprint density at radius 1 is 0.350 bits per heavy atom. The Labute approximate surface area is 789 Å². The number of hydrogen-bond acceptors (Lipinski definition) is 11. The summed E-state index contributed by atoms with van der Waals surface area (Å²) in [6.45, 7) is 11.0. The molecule has 140 heavy (non-hydrogen) atoms. The van der Waals surface area contributed by atoms with Crippen molar-refractivity contribution in [1.82, 2.24) is 0 Å². The molecule has 800 valence electrons. The predicted octanol–water partition coefficient (Wildman–Crippen LogP) is 30.4. The van der Waals surface area contributed by atoms with Gasteiger partial charge in [-0.15, -0.1) is 0 Å². The first-order chi connectivity index (χ1) is 61.3.